The molecule has 0 aliphatic carbocycles. The van der Waals surface area contributed by atoms with Crippen molar-refractivity contribution in [2.45, 2.75) is 20.8 Å². The summed E-state index contributed by atoms with van der Waals surface area (Å²) in [5.74, 6) is -0.960. The van der Waals surface area contributed by atoms with Crippen LogP contribution >= 0.6 is 0 Å². The summed E-state index contributed by atoms with van der Waals surface area (Å²) in [6.45, 7) is 5.75. The molecule has 1 aromatic heterocycles. The molecule has 4 nitrogen and oxygen atoms in total. The first-order chi connectivity index (χ1) is 11.0. The van der Waals surface area contributed by atoms with E-state index in [2.05, 4.69) is 5.10 Å². The van der Waals surface area contributed by atoms with Crippen LogP contribution in [0.1, 0.15) is 27.2 Å². The Bertz CT molecular complexity index is 880. The molecule has 2 aromatic carbocycles. The summed E-state index contributed by atoms with van der Waals surface area (Å²) < 4.78 is 1.75. The summed E-state index contributed by atoms with van der Waals surface area (Å²) in [5, 5.41) is 14.2. The molecule has 0 aliphatic heterocycles. The lowest BCUT2D eigenvalue weighted by Crippen LogP contribution is -2.04. The molecule has 116 valence electrons. The van der Waals surface area contributed by atoms with Crippen molar-refractivity contribution < 1.29 is 9.90 Å². The van der Waals surface area contributed by atoms with Crippen molar-refractivity contribution >= 4 is 5.97 Å². The van der Waals surface area contributed by atoms with E-state index in [-0.39, 0.29) is 5.56 Å². The third kappa shape index (κ3) is 2.63. The van der Waals surface area contributed by atoms with Crippen LogP contribution in [-0.2, 0) is 0 Å². The largest absolute Gasteiger partial charge is 0.478 e. The molecule has 1 heterocycles. The van der Waals surface area contributed by atoms with Crippen molar-refractivity contribution in [2.75, 3.05) is 0 Å². The van der Waals surface area contributed by atoms with Crippen molar-refractivity contribution in [1.29, 1.82) is 0 Å². The van der Waals surface area contributed by atoms with Crippen molar-refractivity contribution in [3.63, 3.8) is 0 Å². The van der Waals surface area contributed by atoms with Gasteiger partial charge in [-0.1, -0.05) is 42.5 Å². The SMILES string of the molecule is Cc1ccc(C)c(-n2nc(C)c(C(=O)O)c2-c2ccccc2)c1. The van der Waals surface area contributed by atoms with Crippen LogP contribution in [0, 0.1) is 20.8 Å². The van der Waals surface area contributed by atoms with E-state index < -0.39 is 5.97 Å². The second-order valence-corrected chi connectivity index (χ2v) is 5.68. The zero-order valence-electron chi connectivity index (χ0n) is 13.4. The monoisotopic (exact) mass is 306 g/mol. The summed E-state index contributed by atoms with van der Waals surface area (Å²) in [6, 6.07) is 15.6. The topological polar surface area (TPSA) is 55.1 Å². The lowest BCUT2D eigenvalue weighted by atomic mass is 10.0. The van der Waals surface area contributed by atoms with E-state index in [4.69, 9.17) is 0 Å². The highest BCUT2D eigenvalue weighted by Gasteiger charge is 2.23. The van der Waals surface area contributed by atoms with Crippen LogP contribution in [0.4, 0.5) is 0 Å². The third-order valence-electron chi connectivity index (χ3n) is 3.91. The van der Waals surface area contributed by atoms with Crippen molar-refractivity contribution in [2.24, 2.45) is 0 Å². The predicted molar refractivity (Wildman–Crippen MR) is 90.2 cm³/mol. The first kappa shape index (κ1) is 15.0. The van der Waals surface area contributed by atoms with Gasteiger partial charge in [-0.2, -0.15) is 5.10 Å². The van der Waals surface area contributed by atoms with Gasteiger partial charge in [0.25, 0.3) is 0 Å². The Hall–Kier alpha value is -2.88. The number of hydrogen-bond donors (Lipinski definition) is 1. The van der Waals surface area contributed by atoms with E-state index >= 15 is 0 Å². The van der Waals surface area contributed by atoms with Gasteiger partial charge in [-0.25, -0.2) is 9.48 Å². The fraction of sp³-hybridized carbons (Fsp3) is 0.158. The standard InChI is InChI=1S/C19H18N2O2/c1-12-9-10-13(2)16(11-12)21-18(15-7-5-4-6-8-15)17(19(22)23)14(3)20-21/h4-11H,1-3H3,(H,22,23). The van der Waals surface area contributed by atoms with Gasteiger partial charge < -0.3 is 5.11 Å². The number of carboxylic acid groups (broad SMARTS) is 1. The van der Waals surface area contributed by atoms with Crippen molar-refractivity contribution in [1.82, 2.24) is 9.78 Å². The Morgan fingerprint density at radius 3 is 2.39 bits per heavy atom. The molecule has 0 bridgehead atoms. The Labute approximate surface area is 135 Å². The molecular formula is C19H18N2O2. The molecule has 0 amide bonds. The number of carbonyl (C=O) groups is 1. The highest BCUT2D eigenvalue weighted by molar-refractivity contribution is 5.96. The lowest BCUT2D eigenvalue weighted by Gasteiger charge is -2.12. The maximum Gasteiger partial charge on any atom is 0.339 e. The van der Waals surface area contributed by atoms with Gasteiger partial charge in [-0.05, 0) is 38.0 Å². The number of benzene rings is 2. The number of hydrogen-bond acceptors (Lipinski definition) is 2. The van der Waals surface area contributed by atoms with E-state index in [0.29, 0.717) is 11.4 Å². The molecule has 3 aromatic rings. The predicted octanol–water partition coefficient (Wildman–Crippen LogP) is 4.16. The molecule has 4 heteroatoms. The molecule has 1 N–H and O–H groups in total. The number of aromatic carboxylic acids is 1. The average molecular weight is 306 g/mol. The van der Waals surface area contributed by atoms with E-state index in [1.165, 1.54) is 0 Å². The third-order valence-corrected chi connectivity index (χ3v) is 3.91. The maximum atomic E-state index is 11.8. The van der Waals surface area contributed by atoms with Crippen LogP contribution in [-0.4, -0.2) is 20.9 Å². The van der Waals surface area contributed by atoms with E-state index in [1.807, 2.05) is 62.4 Å². The molecule has 0 unspecified atom stereocenters. The molecule has 0 saturated heterocycles. The second-order valence-electron chi connectivity index (χ2n) is 5.68. The Kier molecular flexibility index (Phi) is 3.74. The second kappa shape index (κ2) is 5.72. The number of aryl methyl sites for hydroxylation is 3. The Balaban J connectivity index is 2.36. The summed E-state index contributed by atoms with van der Waals surface area (Å²) >= 11 is 0. The zero-order valence-corrected chi connectivity index (χ0v) is 13.4. The molecule has 3 rings (SSSR count). The summed E-state index contributed by atoms with van der Waals surface area (Å²) in [4.78, 5) is 11.8. The number of nitrogens with zero attached hydrogens (tertiary/aromatic N) is 2. The van der Waals surface area contributed by atoms with Gasteiger partial charge in [0.2, 0.25) is 0 Å². The van der Waals surface area contributed by atoms with Gasteiger partial charge >= 0.3 is 5.97 Å². The number of aromatic nitrogens is 2. The molecule has 0 saturated carbocycles. The maximum absolute atomic E-state index is 11.8. The first-order valence-corrected chi connectivity index (χ1v) is 7.45. The molecule has 23 heavy (non-hydrogen) atoms. The molecule has 0 radical (unpaired) electrons. The molecule has 0 spiro atoms. The summed E-state index contributed by atoms with van der Waals surface area (Å²) in [7, 11) is 0. The van der Waals surface area contributed by atoms with Crippen LogP contribution in [0.15, 0.2) is 48.5 Å². The van der Waals surface area contributed by atoms with Crippen LogP contribution in [0.3, 0.4) is 0 Å². The van der Waals surface area contributed by atoms with Gasteiger partial charge in [0.05, 0.1) is 17.1 Å². The van der Waals surface area contributed by atoms with Crippen LogP contribution in [0.2, 0.25) is 0 Å². The fourth-order valence-electron chi connectivity index (χ4n) is 2.77. The van der Waals surface area contributed by atoms with Crippen LogP contribution < -0.4 is 0 Å². The van der Waals surface area contributed by atoms with Crippen molar-refractivity contribution in [3.05, 3.63) is 70.9 Å². The Morgan fingerprint density at radius 2 is 1.74 bits per heavy atom. The summed E-state index contributed by atoms with van der Waals surface area (Å²) in [6.07, 6.45) is 0. The minimum Gasteiger partial charge on any atom is -0.478 e. The van der Waals surface area contributed by atoms with E-state index in [9.17, 15) is 9.90 Å². The minimum atomic E-state index is -0.960. The van der Waals surface area contributed by atoms with Gasteiger partial charge in [0, 0.05) is 5.56 Å². The number of carboxylic acids is 1. The molecule has 0 fully saturated rings. The van der Waals surface area contributed by atoms with Crippen LogP contribution in [0.5, 0.6) is 0 Å². The fourth-order valence-corrected chi connectivity index (χ4v) is 2.77. The van der Waals surface area contributed by atoms with Gasteiger partial charge in [0.1, 0.15) is 5.56 Å². The quantitative estimate of drug-likeness (QED) is 0.790. The van der Waals surface area contributed by atoms with Gasteiger partial charge in [-0.15, -0.1) is 0 Å². The van der Waals surface area contributed by atoms with Gasteiger partial charge in [0.15, 0.2) is 0 Å². The summed E-state index contributed by atoms with van der Waals surface area (Å²) in [5.41, 5.74) is 5.27. The molecule has 0 atom stereocenters. The van der Waals surface area contributed by atoms with Gasteiger partial charge in [-0.3, -0.25) is 0 Å². The number of rotatable bonds is 3. The minimum absolute atomic E-state index is 0.247. The highest BCUT2D eigenvalue weighted by atomic mass is 16.4. The van der Waals surface area contributed by atoms with E-state index in [1.54, 1.807) is 11.6 Å². The molecule has 0 aliphatic rings. The van der Waals surface area contributed by atoms with Crippen LogP contribution in [0.25, 0.3) is 16.9 Å². The smallest absolute Gasteiger partial charge is 0.339 e. The average Bonchev–Trinajstić information content (AvgIpc) is 2.88. The normalized spacial score (nSPS) is 10.7. The molecular weight excluding hydrogens is 288 g/mol. The van der Waals surface area contributed by atoms with Crippen molar-refractivity contribution in [3.8, 4) is 16.9 Å². The zero-order chi connectivity index (χ0) is 16.6. The lowest BCUT2D eigenvalue weighted by molar-refractivity contribution is 0.0697. The Morgan fingerprint density at radius 1 is 1.04 bits per heavy atom. The van der Waals surface area contributed by atoms with E-state index in [0.717, 1.165) is 22.4 Å². The first-order valence-electron chi connectivity index (χ1n) is 7.45. The highest BCUT2D eigenvalue weighted by Crippen LogP contribution is 2.30.